The molecule has 1 aromatic carbocycles. The van der Waals surface area contributed by atoms with E-state index in [9.17, 15) is 9.59 Å². The summed E-state index contributed by atoms with van der Waals surface area (Å²) in [7, 11) is 1.83. The molecule has 0 aliphatic heterocycles. The fraction of sp³-hybridized carbons (Fsp3) is 0.125. The zero-order valence-corrected chi connectivity index (χ0v) is 13.4. The van der Waals surface area contributed by atoms with Gasteiger partial charge in [0.1, 0.15) is 10.4 Å². The highest BCUT2D eigenvalue weighted by molar-refractivity contribution is 7.16. The highest BCUT2D eigenvalue weighted by Crippen LogP contribution is 2.17. The summed E-state index contributed by atoms with van der Waals surface area (Å²) in [6.45, 7) is 0.348. The number of carbonyl (C=O) groups is 1. The number of benzene rings is 1. The average Bonchev–Trinajstić information content (AvgIpc) is 3.00. The number of hydrogen-bond acceptors (Lipinski definition) is 3. The van der Waals surface area contributed by atoms with Gasteiger partial charge in [-0.25, -0.2) is 0 Å². The third kappa shape index (κ3) is 2.77. The van der Waals surface area contributed by atoms with E-state index in [-0.39, 0.29) is 16.9 Å². The van der Waals surface area contributed by atoms with Gasteiger partial charge in [0.25, 0.3) is 5.91 Å². The van der Waals surface area contributed by atoms with Crippen molar-refractivity contribution < 1.29 is 4.79 Å². The Morgan fingerprint density at radius 2 is 2.00 bits per heavy atom. The van der Waals surface area contributed by atoms with Crippen LogP contribution in [-0.2, 0) is 13.6 Å². The Kier molecular flexibility index (Phi) is 4.00. The fourth-order valence-electron chi connectivity index (χ4n) is 2.24. The molecule has 1 amide bonds. The molecule has 1 N–H and O–H groups in total. The van der Waals surface area contributed by atoms with Gasteiger partial charge >= 0.3 is 0 Å². The monoisotopic (exact) mass is 332 g/mol. The minimum atomic E-state index is -0.372. The van der Waals surface area contributed by atoms with E-state index in [2.05, 4.69) is 5.32 Å². The lowest BCUT2D eigenvalue weighted by atomic mass is 10.2. The average molecular weight is 333 g/mol. The number of rotatable bonds is 3. The molecule has 0 spiro atoms. The van der Waals surface area contributed by atoms with Crippen molar-refractivity contribution in [3.63, 3.8) is 0 Å². The number of halogens is 1. The van der Waals surface area contributed by atoms with E-state index in [1.54, 1.807) is 29.0 Å². The van der Waals surface area contributed by atoms with Gasteiger partial charge in [-0.1, -0.05) is 23.7 Å². The van der Waals surface area contributed by atoms with Crippen LogP contribution >= 0.6 is 22.9 Å². The predicted molar refractivity (Wildman–Crippen MR) is 89.7 cm³/mol. The third-order valence-electron chi connectivity index (χ3n) is 3.39. The number of carbonyl (C=O) groups excluding carboxylic acids is 1. The minimum absolute atomic E-state index is 0.155. The van der Waals surface area contributed by atoms with Gasteiger partial charge in [-0.15, -0.1) is 11.3 Å². The van der Waals surface area contributed by atoms with Gasteiger partial charge in [0, 0.05) is 24.8 Å². The van der Waals surface area contributed by atoms with Crippen molar-refractivity contribution in [2.75, 3.05) is 0 Å². The van der Waals surface area contributed by atoms with Crippen LogP contribution in [0.15, 0.2) is 46.7 Å². The number of aryl methyl sites for hydroxylation is 1. The fourth-order valence-corrected chi connectivity index (χ4v) is 3.21. The summed E-state index contributed by atoms with van der Waals surface area (Å²) < 4.78 is 1.80. The SMILES string of the molecule is Cn1cc(C(=O)NCc2ccc(Cl)cc2)c(=O)c2ccsc21. The first-order valence-electron chi connectivity index (χ1n) is 6.66. The molecule has 3 rings (SSSR count). The second-order valence-corrected chi connectivity index (χ2v) is 6.26. The molecule has 0 saturated heterocycles. The van der Waals surface area contributed by atoms with Gasteiger partial charge in [-0.2, -0.15) is 0 Å². The molecule has 0 radical (unpaired) electrons. The smallest absolute Gasteiger partial charge is 0.257 e. The van der Waals surface area contributed by atoms with Crippen LogP contribution in [0.4, 0.5) is 0 Å². The van der Waals surface area contributed by atoms with Crippen molar-refractivity contribution in [1.82, 2.24) is 9.88 Å². The highest BCUT2D eigenvalue weighted by atomic mass is 35.5. The summed E-state index contributed by atoms with van der Waals surface area (Å²) in [4.78, 5) is 25.5. The lowest BCUT2D eigenvalue weighted by Crippen LogP contribution is -2.29. The Morgan fingerprint density at radius 1 is 1.27 bits per heavy atom. The van der Waals surface area contributed by atoms with Crippen molar-refractivity contribution in [2.24, 2.45) is 7.05 Å². The van der Waals surface area contributed by atoms with Crippen molar-refractivity contribution in [3.05, 3.63) is 68.3 Å². The van der Waals surface area contributed by atoms with Crippen molar-refractivity contribution >= 4 is 39.1 Å². The minimum Gasteiger partial charge on any atom is -0.348 e. The Hall–Kier alpha value is -2.11. The second-order valence-electron chi connectivity index (χ2n) is 4.93. The summed E-state index contributed by atoms with van der Waals surface area (Å²) in [5.74, 6) is -0.372. The summed E-state index contributed by atoms with van der Waals surface area (Å²) in [5, 5.41) is 5.84. The molecule has 0 atom stereocenters. The van der Waals surface area contributed by atoms with Gasteiger partial charge in [0.15, 0.2) is 0 Å². The van der Waals surface area contributed by atoms with Crippen LogP contribution in [0.5, 0.6) is 0 Å². The van der Waals surface area contributed by atoms with Crippen LogP contribution in [0.1, 0.15) is 15.9 Å². The Labute approximate surface area is 136 Å². The summed E-state index contributed by atoms with van der Waals surface area (Å²) >= 11 is 7.30. The van der Waals surface area contributed by atoms with Crippen molar-refractivity contribution in [1.29, 1.82) is 0 Å². The van der Waals surface area contributed by atoms with E-state index in [1.807, 2.05) is 24.6 Å². The quantitative estimate of drug-likeness (QED) is 0.801. The van der Waals surface area contributed by atoms with Gasteiger partial charge in [-0.3, -0.25) is 9.59 Å². The molecule has 22 heavy (non-hydrogen) atoms. The topological polar surface area (TPSA) is 51.1 Å². The number of pyridine rings is 1. The molecule has 2 aromatic heterocycles. The van der Waals surface area contributed by atoms with Gasteiger partial charge in [-0.05, 0) is 29.1 Å². The lowest BCUT2D eigenvalue weighted by molar-refractivity contribution is 0.0949. The maximum Gasteiger partial charge on any atom is 0.257 e. The normalized spacial score (nSPS) is 10.8. The number of nitrogens with zero attached hydrogens (tertiary/aromatic N) is 1. The molecule has 0 fully saturated rings. The molecule has 0 saturated carbocycles. The molecular formula is C16H13ClN2O2S. The standard InChI is InChI=1S/C16H13ClN2O2S/c1-19-9-13(14(20)12-6-7-22-16(12)19)15(21)18-8-10-2-4-11(17)5-3-10/h2-7,9H,8H2,1H3,(H,18,21). The first-order valence-corrected chi connectivity index (χ1v) is 7.91. The van der Waals surface area contributed by atoms with E-state index in [4.69, 9.17) is 11.6 Å². The lowest BCUT2D eigenvalue weighted by Gasteiger charge is -2.07. The Balaban J connectivity index is 1.84. The van der Waals surface area contributed by atoms with Crippen molar-refractivity contribution in [2.45, 2.75) is 6.54 Å². The van der Waals surface area contributed by atoms with Crippen LogP contribution in [0.3, 0.4) is 0 Å². The Morgan fingerprint density at radius 3 is 2.73 bits per heavy atom. The Bertz CT molecular complexity index is 897. The van der Waals surface area contributed by atoms with Gasteiger partial charge in [0.2, 0.25) is 5.43 Å². The number of fused-ring (bicyclic) bond motifs is 1. The molecule has 2 heterocycles. The zero-order chi connectivity index (χ0) is 15.7. The largest absolute Gasteiger partial charge is 0.348 e. The molecular weight excluding hydrogens is 320 g/mol. The highest BCUT2D eigenvalue weighted by Gasteiger charge is 2.14. The molecule has 0 unspecified atom stereocenters. The molecule has 0 aliphatic rings. The molecule has 6 heteroatoms. The van der Waals surface area contributed by atoms with Crippen LogP contribution < -0.4 is 10.7 Å². The first kappa shape index (κ1) is 14.8. The number of aromatic nitrogens is 1. The second kappa shape index (κ2) is 5.94. The maximum atomic E-state index is 12.4. The summed E-state index contributed by atoms with van der Waals surface area (Å²) in [6, 6.07) is 8.95. The van der Waals surface area contributed by atoms with E-state index in [0.717, 1.165) is 10.4 Å². The summed E-state index contributed by atoms with van der Waals surface area (Å²) in [6.07, 6.45) is 1.58. The molecule has 4 nitrogen and oxygen atoms in total. The molecule has 0 aliphatic carbocycles. The third-order valence-corrected chi connectivity index (χ3v) is 4.64. The van der Waals surface area contributed by atoms with Crippen LogP contribution in [-0.4, -0.2) is 10.5 Å². The van der Waals surface area contributed by atoms with E-state index >= 15 is 0 Å². The van der Waals surface area contributed by atoms with Gasteiger partial charge in [0.05, 0.1) is 5.39 Å². The molecule has 0 bridgehead atoms. The first-order chi connectivity index (χ1) is 10.6. The maximum absolute atomic E-state index is 12.4. The zero-order valence-electron chi connectivity index (χ0n) is 11.8. The van der Waals surface area contributed by atoms with Gasteiger partial charge < -0.3 is 9.88 Å². The number of nitrogens with one attached hydrogen (secondary N) is 1. The summed E-state index contributed by atoms with van der Waals surface area (Å²) in [5.41, 5.74) is 0.844. The van der Waals surface area contributed by atoms with Crippen LogP contribution in [0.2, 0.25) is 5.02 Å². The predicted octanol–water partition coefficient (Wildman–Crippen LogP) is 3.18. The van der Waals surface area contributed by atoms with Crippen LogP contribution in [0.25, 0.3) is 10.2 Å². The van der Waals surface area contributed by atoms with E-state index in [0.29, 0.717) is 17.0 Å². The van der Waals surface area contributed by atoms with Crippen LogP contribution in [0, 0.1) is 0 Å². The number of thiophene rings is 1. The van der Waals surface area contributed by atoms with Crippen molar-refractivity contribution in [3.8, 4) is 0 Å². The molecule has 112 valence electrons. The number of hydrogen-bond donors (Lipinski definition) is 1. The van der Waals surface area contributed by atoms with E-state index in [1.165, 1.54) is 11.3 Å². The molecule has 3 aromatic rings. The van der Waals surface area contributed by atoms with E-state index < -0.39 is 0 Å². The number of amides is 1.